The third-order valence-corrected chi connectivity index (χ3v) is 9.56. The first-order valence-corrected chi connectivity index (χ1v) is 14.6. The fourth-order valence-corrected chi connectivity index (χ4v) is 5.41. The molecule has 6 nitrogen and oxygen atoms in total. The Labute approximate surface area is 226 Å². The van der Waals surface area contributed by atoms with Crippen LogP contribution in [0.2, 0.25) is 0 Å². The highest BCUT2D eigenvalue weighted by Crippen LogP contribution is 2.34. The maximum Gasteiger partial charge on any atom is 0.335 e. The van der Waals surface area contributed by atoms with E-state index in [-0.39, 0.29) is 26.5 Å². The number of ether oxygens (including phenoxy) is 2. The molecule has 0 heterocycles. The normalized spacial score (nSPS) is 12.3. The zero-order valence-corrected chi connectivity index (χ0v) is 23.9. The van der Waals surface area contributed by atoms with Gasteiger partial charge in [0.1, 0.15) is 22.8 Å². The third-order valence-electron chi connectivity index (χ3n) is 7.78. The van der Waals surface area contributed by atoms with Crippen LogP contribution in [-0.2, 0) is 15.3 Å². The van der Waals surface area contributed by atoms with Crippen molar-refractivity contribution in [1.82, 2.24) is 0 Å². The minimum absolute atomic E-state index is 0.00975. The summed E-state index contributed by atoms with van der Waals surface area (Å²) < 4.78 is 38.5. The Morgan fingerprint density at radius 1 is 0.737 bits per heavy atom. The van der Waals surface area contributed by atoms with Gasteiger partial charge in [0.15, 0.2) is 0 Å². The van der Waals surface area contributed by atoms with E-state index in [2.05, 4.69) is 20.8 Å². The lowest BCUT2D eigenvalue weighted by Crippen LogP contribution is -2.30. The lowest BCUT2D eigenvalue weighted by Gasteiger charge is -2.28. The Bertz CT molecular complexity index is 1350. The average molecular weight is 539 g/mol. The Morgan fingerprint density at radius 2 is 1.24 bits per heavy atom. The summed E-state index contributed by atoms with van der Waals surface area (Å²) in [6, 6.07) is 17.8. The molecule has 0 radical (unpaired) electrons. The summed E-state index contributed by atoms with van der Waals surface area (Å²) in [6.07, 6.45) is 3.45. The maximum atomic E-state index is 13.2. The molecule has 0 atom stereocenters. The molecule has 0 aliphatic carbocycles. The van der Waals surface area contributed by atoms with E-state index in [1.54, 1.807) is 30.3 Å². The molecule has 7 heteroatoms. The minimum atomic E-state index is -3.71. The van der Waals surface area contributed by atoms with Gasteiger partial charge in [0.05, 0.1) is 15.4 Å². The molecule has 3 rings (SSSR count). The molecule has 3 aromatic carbocycles. The largest absolute Gasteiger partial charge is 0.487 e. The standard InChI is InChI=1S/C31H38O6S/c1-7-30(5,8-2)23-11-15-27(16-12-23)38(34,35)28-17-13-24(14-18-28)36-25-19-22(29(32)33)20-26(21-25)37-31(6,9-3)10-4/h11-21H,7-10H2,1-6H3,(H,32,33). The lowest BCUT2D eigenvalue weighted by atomic mass is 9.78. The van der Waals surface area contributed by atoms with Gasteiger partial charge in [-0.25, -0.2) is 13.2 Å². The van der Waals surface area contributed by atoms with Gasteiger partial charge in [0.25, 0.3) is 0 Å². The van der Waals surface area contributed by atoms with Crippen LogP contribution < -0.4 is 9.47 Å². The van der Waals surface area contributed by atoms with Crippen LogP contribution in [0.5, 0.6) is 17.2 Å². The molecule has 3 aromatic rings. The topological polar surface area (TPSA) is 89.9 Å². The van der Waals surface area contributed by atoms with Gasteiger partial charge in [-0.3, -0.25) is 0 Å². The third kappa shape index (κ3) is 6.38. The highest BCUT2D eigenvalue weighted by molar-refractivity contribution is 7.91. The molecule has 0 spiro atoms. The second-order valence-corrected chi connectivity index (χ2v) is 12.1. The van der Waals surface area contributed by atoms with Gasteiger partial charge in [0, 0.05) is 6.07 Å². The molecule has 0 amide bonds. The van der Waals surface area contributed by atoms with Crippen molar-refractivity contribution in [2.45, 2.75) is 88.0 Å². The van der Waals surface area contributed by atoms with Gasteiger partial charge in [0.2, 0.25) is 9.84 Å². The van der Waals surface area contributed by atoms with Gasteiger partial charge >= 0.3 is 5.97 Å². The smallest absolute Gasteiger partial charge is 0.335 e. The molecule has 0 fully saturated rings. The monoisotopic (exact) mass is 538 g/mol. The molecule has 0 bridgehead atoms. The van der Waals surface area contributed by atoms with Crippen LogP contribution in [0.25, 0.3) is 0 Å². The second-order valence-electron chi connectivity index (χ2n) is 10.1. The van der Waals surface area contributed by atoms with E-state index in [1.807, 2.05) is 32.9 Å². The quantitative estimate of drug-likeness (QED) is 0.251. The highest BCUT2D eigenvalue weighted by atomic mass is 32.2. The zero-order chi connectivity index (χ0) is 28.1. The molecule has 38 heavy (non-hydrogen) atoms. The Kier molecular flexibility index (Phi) is 8.93. The number of benzene rings is 3. The molecule has 1 N–H and O–H groups in total. The molecule has 0 saturated heterocycles. The van der Waals surface area contributed by atoms with Crippen molar-refractivity contribution < 1.29 is 27.8 Å². The van der Waals surface area contributed by atoms with Crippen molar-refractivity contribution in [3.63, 3.8) is 0 Å². The number of hydrogen-bond donors (Lipinski definition) is 1. The summed E-state index contributed by atoms with van der Waals surface area (Å²) in [5, 5.41) is 9.56. The average Bonchev–Trinajstić information content (AvgIpc) is 2.92. The first kappa shape index (κ1) is 29.2. The fraction of sp³-hybridized carbons (Fsp3) is 0.387. The number of carbonyl (C=O) groups is 1. The van der Waals surface area contributed by atoms with E-state index < -0.39 is 21.4 Å². The van der Waals surface area contributed by atoms with Crippen molar-refractivity contribution in [3.8, 4) is 17.2 Å². The number of rotatable bonds is 12. The maximum absolute atomic E-state index is 13.2. The minimum Gasteiger partial charge on any atom is -0.487 e. The Morgan fingerprint density at radius 3 is 1.71 bits per heavy atom. The summed E-state index contributed by atoms with van der Waals surface area (Å²) in [5.41, 5.74) is 0.733. The summed E-state index contributed by atoms with van der Waals surface area (Å²) in [4.78, 5) is 12.1. The van der Waals surface area contributed by atoms with Gasteiger partial charge in [-0.15, -0.1) is 0 Å². The van der Waals surface area contributed by atoms with E-state index in [9.17, 15) is 18.3 Å². The number of carboxylic acids is 1. The Balaban J connectivity index is 1.85. The lowest BCUT2D eigenvalue weighted by molar-refractivity contribution is 0.0685. The van der Waals surface area contributed by atoms with Gasteiger partial charge in [-0.2, -0.15) is 0 Å². The first-order valence-electron chi connectivity index (χ1n) is 13.1. The van der Waals surface area contributed by atoms with Crippen molar-refractivity contribution in [1.29, 1.82) is 0 Å². The fourth-order valence-electron chi connectivity index (χ4n) is 4.15. The number of sulfone groups is 1. The van der Waals surface area contributed by atoms with Crippen molar-refractivity contribution in [2.24, 2.45) is 0 Å². The van der Waals surface area contributed by atoms with Crippen LogP contribution in [0, 0.1) is 0 Å². The second kappa shape index (κ2) is 11.6. The highest BCUT2D eigenvalue weighted by Gasteiger charge is 2.25. The molecule has 204 valence electrons. The van der Waals surface area contributed by atoms with Crippen LogP contribution in [0.15, 0.2) is 76.5 Å². The molecular weight excluding hydrogens is 500 g/mol. The van der Waals surface area contributed by atoms with Crippen LogP contribution in [0.4, 0.5) is 0 Å². The van der Waals surface area contributed by atoms with E-state index in [0.29, 0.717) is 11.5 Å². The summed E-state index contributed by atoms with van der Waals surface area (Å²) in [6.45, 7) is 12.5. The first-order chi connectivity index (χ1) is 17.9. The molecule has 0 aliphatic rings. The predicted molar refractivity (Wildman–Crippen MR) is 149 cm³/mol. The van der Waals surface area contributed by atoms with Gasteiger partial charge in [-0.05, 0) is 92.1 Å². The Hall–Kier alpha value is -3.32. The van der Waals surface area contributed by atoms with E-state index in [0.717, 1.165) is 31.2 Å². The van der Waals surface area contributed by atoms with Gasteiger partial charge in [-0.1, -0.05) is 46.8 Å². The van der Waals surface area contributed by atoms with Crippen molar-refractivity contribution >= 4 is 15.8 Å². The molecular formula is C31H38O6S. The SMILES string of the molecule is CCC(C)(CC)Oc1cc(Oc2ccc(S(=O)(=O)c3ccc(C(C)(CC)CC)cc3)cc2)cc(C(=O)O)c1. The van der Waals surface area contributed by atoms with Crippen LogP contribution in [0.1, 0.15) is 83.1 Å². The van der Waals surface area contributed by atoms with Crippen LogP contribution >= 0.6 is 0 Å². The molecule has 0 aliphatic heterocycles. The predicted octanol–water partition coefficient (Wildman–Crippen LogP) is 8.05. The van der Waals surface area contributed by atoms with Crippen LogP contribution in [0.3, 0.4) is 0 Å². The number of aromatic carboxylic acids is 1. The van der Waals surface area contributed by atoms with E-state index >= 15 is 0 Å². The van der Waals surface area contributed by atoms with E-state index in [4.69, 9.17) is 9.47 Å². The number of carboxylic acid groups (broad SMARTS) is 1. The van der Waals surface area contributed by atoms with Crippen molar-refractivity contribution in [3.05, 3.63) is 77.9 Å². The molecule has 0 saturated carbocycles. The summed E-state index contributed by atoms with van der Waals surface area (Å²) >= 11 is 0. The zero-order valence-electron chi connectivity index (χ0n) is 23.1. The van der Waals surface area contributed by atoms with Crippen LogP contribution in [-0.4, -0.2) is 25.1 Å². The van der Waals surface area contributed by atoms with Gasteiger partial charge < -0.3 is 14.6 Å². The molecule has 0 unspecified atom stereocenters. The molecule has 0 aromatic heterocycles. The summed E-state index contributed by atoms with van der Waals surface area (Å²) in [5.74, 6) is -0.0321. The van der Waals surface area contributed by atoms with Crippen molar-refractivity contribution in [2.75, 3.05) is 0 Å². The number of hydrogen-bond acceptors (Lipinski definition) is 5. The summed E-state index contributed by atoms with van der Waals surface area (Å²) in [7, 11) is -3.71. The van der Waals surface area contributed by atoms with E-state index in [1.165, 1.54) is 24.3 Å².